The maximum absolute atomic E-state index is 5.38. The van der Waals surface area contributed by atoms with E-state index < -0.39 is 0 Å². The summed E-state index contributed by atoms with van der Waals surface area (Å²) >= 11 is 0. The van der Waals surface area contributed by atoms with Crippen molar-refractivity contribution in [1.82, 2.24) is 5.06 Å². The van der Waals surface area contributed by atoms with Crippen LogP contribution in [-0.4, -0.2) is 10.6 Å². The summed E-state index contributed by atoms with van der Waals surface area (Å²) in [4.78, 5) is 5.38. The van der Waals surface area contributed by atoms with Crippen LogP contribution >= 0.6 is 0 Å². The average molecular weight is 189 g/mol. The molecule has 1 aromatic carbocycles. The van der Waals surface area contributed by atoms with Crippen molar-refractivity contribution in [2.75, 3.05) is 0 Å². The van der Waals surface area contributed by atoms with Gasteiger partial charge in [-0.05, 0) is 26.3 Å². The van der Waals surface area contributed by atoms with Crippen molar-refractivity contribution in [3.63, 3.8) is 0 Å². The van der Waals surface area contributed by atoms with Crippen molar-refractivity contribution in [3.05, 3.63) is 41.8 Å². The molecule has 0 radical (unpaired) electrons. The zero-order valence-electron chi connectivity index (χ0n) is 8.82. The number of nitrogens with zero attached hydrogens (tertiary/aromatic N) is 1. The van der Waals surface area contributed by atoms with Gasteiger partial charge in [-0.25, -0.2) is 0 Å². The van der Waals surface area contributed by atoms with Crippen LogP contribution in [0.1, 0.15) is 26.3 Å². The Labute approximate surface area is 84.8 Å². The fraction of sp³-hybridized carbons (Fsp3) is 0.333. The van der Waals surface area contributed by atoms with Gasteiger partial charge in [0, 0.05) is 6.08 Å². The summed E-state index contributed by atoms with van der Waals surface area (Å²) in [7, 11) is 0. The van der Waals surface area contributed by atoms with Crippen LogP contribution in [0.3, 0.4) is 0 Å². The highest BCUT2D eigenvalue weighted by Crippen LogP contribution is 2.35. The topological polar surface area (TPSA) is 15.5 Å². The third-order valence-corrected chi connectivity index (χ3v) is 2.05. The number of benzene rings is 1. The molecule has 1 aromatic rings. The minimum Gasteiger partial charge on any atom is -0.355 e. The zero-order valence-corrected chi connectivity index (χ0v) is 8.82. The van der Waals surface area contributed by atoms with Crippen molar-refractivity contribution in [2.24, 2.45) is 0 Å². The minimum absolute atomic E-state index is 0.0562. The lowest BCUT2D eigenvalue weighted by Gasteiger charge is -2.14. The van der Waals surface area contributed by atoms with E-state index in [1.807, 2.05) is 29.3 Å². The van der Waals surface area contributed by atoms with E-state index in [9.17, 15) is 0 Å². The fourth-order valence-corrected chi connectivity index (χ4v) is 1.32. The third kappa shape index (κ3) is 1.90. The molecule has 1 aliphatic rings. The van der Waals surface area contributed by atoms with Gasteiger partial charge in [-0.1, -0.05) is 30.3 Å². The van der Waals surface area contributed by atoms with Crippen molar-refractivity contribution < 1.29 is 4.84 Å². The molecule has 74 valence electrons. The largest absolute Gasteiger partial charge is 0.355 e. The molecule has 0 spiro atoms. The molecule has 0 amide bonds. The zero-order chi connectivity index (χ0) is 10.2. The Bertz CT molecular complexity index is 348. The molecular formula is C12H15NO. The van der Waals surface area contributed by atoms with E-state index in [-0.39, 0.29) is 5.54 Å². The van der Waals surface area contributed by atoms with Crippen LogP contribution in [0.2, 0.25) is 0 Å². The first-order valence-corrected chi connectivity index (χ1v) is 4.82. The van der Waals surface area contributed by atoms with E-state index in [2.05, 4.69) is 32.9 Å². The summed E-state index contributed by atoms with van der Waals surface area (Å²) in [6.45, 7) is 6.37. The van der Waals surface area contributed by atoms with Crippen LogP contribution in [0, 0.1) is 0 Å². The molecule has 1 aliphatic heterocycles. The average Bonchev–Trinajstić information content (AvgIpc) is 2.85. The van der Waals surface area contributed by atoms with Gasteiger partial charge >= 0.3 is 0 Å². The highest BCUT2D eigenvalue weighted by atomic mass is 16.8. The molecule has 0 N–H and O–H groups in total. The smallest absolute Gasteiger partial charge is 0.256 e. The molecule has 2 rings (SSSR count). The second-order valence-corrected chi connectivity index (χ2v) is 4.45. The standard InChI is InChI=1S/C12H15NO/c1-12(2,3)13-11(14-13)9-10-7-5-4-6-8-10/h4-9H,1-3H3/b11-9-. The van der Waals surface area contributed by atoms with Crippen LogP contribution < -0.4 is 0 Å². The first kappa shape index (κ1) is 9.13. The van der Waals surface area contributed by atoms with Crippen LogP contribution in [0.5, 0.6) is 0 Å². The second-order valence-electron chi connectivity index (χ2n) is 4.45. The van der Waals surface area contributed by atoms with Gasteiger partial charge in [0.2, 0.25) is 0 Å². The number of rotatable bonds is 1. The van der Waals surface area contributed by atoms with Crippen molar-refractivity contribution in [1.29, 1.82) is 0 Å². The summed E-state index contributed by atoms with van der Waals surface area (Å²) in [5, 5.41) is 1.92. The van der Waals surface area contributed by atoms with Gasteiger partial charge in [0.05, 0.1) is 5.54 Å². The van der Waals surface area contributed by atoms with E-state index in [0.717, 1.165) is 5.88 Å². The van der Waals surface area contributed by atoms with E-state index in [4.69, 9.17) is 4.84 Å². The summed E-state index contributed by atoms with van der Waals surface area (Å²) in [6, 6.07) is 10.2. The molecule has 14 heavy (non-hydrogen) atoms. The first-order valence-electron chi connectivity index (χ1n) is 4.82. The van der Waals surface area contributed by atoms with E-state index in [1.165, 1.54) is 5.56 Å². The number of hydrogen-bond acceptors (Lipinski definition) is 2. The van der Waals surface area contributed by atoms with Crippen molar-refractivity contribution in [3.8, 4) is 0 Å². The Hall–Kier alpha value is -1.44. The van der Waals surface area contributed by atoms with Crippen LogP contribution in [0.25, 0.3) is 6.08 Å². The monoisotopic (exact) mass is 189 g/mol. The van der Waals surface area contributed by atoms with Gasteiger partial charge in [-0.15, -0.1) is 0 Å². The predicted molar refractivity (Wildman–Crippen MR) is 57.1 cm³/mol. The molecule has 1 heterocycles. The lowest BCUT2D eigenvalue weighted by atomic mass is 10.1. The SMILES string of the molecule is CC(C)(C)N1O/C1=C\c1ccccc1. The van der Waals surface area contributed by atoms with Gasteiger partial charge in [-0.2, -0.15) is 5.06 Å². The Morgan fingerprint density at radius 2 is 1.79 bits per heavy atom. The molecule has 0 saturated carbocycles. The molecule has 2 nitrogen and oxygen atoms in total. The fourth-order valence-electron chi connectivity index (χ4n) is 1.32. The van der Waals surface area contributed by atoms with Gasteiger partial charge < -0.3 is 4.84 Å². The quantitative estimate of drug-likeness (QED) is 0.631. The predicted octanol–water partition coefficient (Wildman–Crippen LogP) is 3.03. The Kier molecular flexibility index (Phi) is 1.99. The summed E-state index contributed by atoms with van der Waals surface area (Å²) in [6.07, 6.45) is 2.05. The van der Waals surface area contributed by atoms with Crippen LogP contribution in [0.15, 0.2) is 36.2 Å². The maximum Gasteiger partial charge on any atom is 0.256 e. The summed E-state index contributed by atoms with van der Waals surface area (Å²) in [5.74, 6) is 0.948. The van der Waals surface area contributed by atoms with E-state index in [0.29, 0.717) is 0 Å². The third-order valence-electron chi connectivity index (χ3n) is 2.05. The van der Waals surface area contributed by atoms with Gasteiger partial charge in [0.15, 0.2) is 0 Å². The van der Waals surface area contributed by atoms with Gasteiger partial charge in [0.1, 0.15) is 0 Å². The molecule has 1 saturated heterocycles. The molecular weight excluding hydrogens is 174 g/mol. The normalized spacial score (nSPS) is 18.2. The molecule has 1 fully saturated rings. The molecule has 0 unspecified atom stereocenters. The first-order chi connectivity index (χ1) is 6.57. The van der Waals surface area contributed by atoms with Crippen molar-refractivity contribution in [2.45, 2.75) is 26.3 Å². The van der Waals surface area contributed by atoms with Crippen LogP contribution in [0.4, 0.5) is 0 Å². The second kappa shape index (κ2) is 3.05. The molecule has 0 aromatic heterocycles. The summed E-state index contributed by atoms with van der Waals surface area (Å²) < 4.78 is 0. The molecule has 0 aliphatic carbocycles. The van der Waals surface area contributed by atoms with Gasteiger partial charge in [0.25, 0.3) is 5.88 Å². The van der Waals surface area contributed by atoms with E-state index in [1.54, 1.807) is 0 Å². The number of hydrogen-bond donors (Lipinski definition) is 0. The Morgan fingerprint density at radius 3 is 2.29 bits per heavy atom. The van der Waals surface area contributed by atoms with Gasteiger partial charge in [-0.3, -0.25) is 0 Å². The molecule has 2 heteroatoms. The molecule has 0 bridgehead atoms. The highest BCUT2D eigenvalue weighted by molar-refractivity contribution is 5.52. The van der Waals surface area contributed by atoms with E-state index >= 15 is 0 Å². The number of hydroxylamine groups is 2. The molecule has 0 atom stereocenters. The minimum atomic E-state index is 0.0562. The maximum atomic E-state index is 5.38. The Balaban J connectivity index is 2.10. The van der Waals surface area contributed by atoms with Crippen LogP contribution in [-0.2, 0) is 4.84 Å². The summed E-state index contributed by atoms with van der Waals surface area (Å²) in [5.41, 5.74) is 1.23. The van der Waals surface area contributed by atoms with Crippen molar-refractivity contribution >= 4 is 6.08 Å². The highest BCUT2D eigenvalue weighted by Gasteiger charge is 2.39. The lowest BCUT2D eigenvalue weighted by molar-refractivity contribution is 0.101. The Morgan fingerprint density at radius 1 is 1.14 bits per heavy atom. The lowest BCUT2D eigenvalue weighted by Crippen LogP contribution is -2.24.